The van der Waals surface area contributed by atoms with E-state index in [1.807, 2.05) is 4.90 Å². The summed E-state index contributed by atoms with van der Waals surface area (Å²) >= 11 is 0. The monoisotopic (exact) mass is 341 g/mol. The first kappa shape index (κ1) is 16.1. The summed E-state index contributed by atoms with van der Waals surface area (Å²) in [6.07, 6.45) is 4.10. The van der Waals surface area contributed by atoms with Crippen LogP contribution in [0.2, 0.25) is 0 Å². The van der Waals surface area contributed by atoms with Crippen molar-refractivity contribution in [3.8, 4) is 0 Å². The van der Waals surface area contributed by atoms with Crippen molar-refractivity contribution in [3.63, 3.8) is 0 Å². The molecule has 1 saturated heterocycles. The molecular weight excluding hydrogens is 324 g/mol. The van der Waals surface area contributed by atoms with Gasteiger partial charge in [0.1, 0.15) is 16.5 Å². The van der Waals surface area contributed by atoms with Gasteiger partial charge in [0.05, 0.1) is 17.9 Å². The fourth-order valence-corrected chi connectivity index (χ4v) is 3.92. The van der Waals surface area contributed by atoms with Crippen molar-refractivity contribution < 1.29 is 17.2 Å². The van der Waals surface area contributed by atoms with E-state index in [1.165, 1.54) is 18.3 Å². The average molecular weight is 341 g/mol. The Kier molecular flexibility index (Phi) is 4.20. The van der Waals surface area contributed by atoms with Gasteiger partial charge < -0.3 is 0 Å². The van der Waals surface area contributed by atoms with E-state index in [0.29, 0.717) is 17.8 Å². The molecule has 1 atom stereocenters. The van der Waals surface area contributed by atoms with Gasteiger partial charge in [-0.3, -0.25) is 10.00 Å². The number of nitrogens with one attached hydrogen (secondary N) is 1. The quantitative estimate of drug-likeness (QED) is 0.927. The molecule has 1 N–H and O–H groups in total. The average Bonchev–Trinajstić information content (AvgIpc) is 3.04. The lowest BCUT2D eigenvalue weighted by molar-refractivity contribution is 0.241. The molecule has 8 heteroatoms. The zero-order chi connectivity index (χ0) is 16.6. The van der Waals surface area contributed by atoms with Crippen LogP contribution < -0.4 is 0 Å². The van der Waals surface area contributed by atoms with Crippen LogP contribution in [-0.2, 0) is 16.4 Å². The van der Waals surface area contributed by atoms with E-state index in [-0.39, 0.29) is 10.9 Å². The Balaban J connectivity index is 1.88. The van der Waals surface area contributed by atoms with Crippen LogP contribution in [0.1, 0.15) is 30.1 Å². The molecule has 2 aromatic rings. The van der Waals surface area contributed by atoms with E-state index < -0.39 is 21.5 Å². The minimum atomic E-state index is -3.38. The molecule has 0 spiro atoms. The molecular formula is C15H17F2N3O2S. The normalized spacial score (nSPS) is 19.3. The van der Waals surface area contributed by atoms with Gasteiger partial charge in [-0.2, -0.15) is 5.10 Å². The number of sulfone groups is 1. The van der Waals surface area contributed by atoms with Crippen molar-refractivity contribution in [1.82, 2.24) is 15.1 Å². The van der Waals surface area contributed by atoms with Crippen molar-refractivity contribution >= 4 is 9.84 Å². The van der Waals surface area contributed by atoms with E-state index >= 15 is 0 Å². The van der Waals surface area contributed by atoms with Crippen molar-refractivity contribution in [3.05, 3.63) is 47.3 Å². The number of likely N-dealkylation sites (tertiary alicyclic amines) is 1. The van der Waals surface area contributed by atoms with Crippen LogP contribution in [0.3, 0.4) is 0 Å². The number of aromatic nitrogens is 2. The summed E-state index contributed by atoms with van der Waals surface area (Å²) in [5.41, 5.74) is 1.07. The van der Waals surface area contributed by atoms with Gasteiger partial charge in [-0.15, -0.1) is 0 Å². The van der Waals surface area contributed by atoms with Gasteiger partial charge in [0.25, 0.3) is 0 Å². The van der Waals surface area contributed by atoms with Crippen molar-refractivity contribution in [2.75, 3.05) is 12.8 Å². The van der Waals surface area contributed by atoms with Gasteiger partial charge in [0.15, 0.2) is 9.84 Å². The van der Waals surface area contributed by atoms with E-state index in [2.05, 4.69) is 10.2 Å². The number of rotatable bonds is 4. The number of hydrogen-bond acceptors (Lipinski definition) is 4. The Morgan fingerprint density at radius 3 is 2.65 bits per heavy atom. The lowest BCUT2D eigenvalue weighted by Crippen LogP contribution is -2.24. The van der Waals surface area contributed by atoms with Gasteiger partial charge in [-0.05, 0) is 37.1 Å². The molecule has 0 bridgehead atoms. The van der Waals surface area contributed by atoms with Crippen molar-refractivity contribution in [2.45, 2.75) is 30.3 Å². The summed E-state index contributed by atoms with van der Waals surface area (Å²) in [5.74, 6) is -1.23. The predicted octanol–water partition coefficient (Wildman–Crippen LogP) is 2.43. The minimum Gasteiger partial charge on any atom is -0.290 e. The lowest BCUT2D eigenvalue weighted by Gasteiger charge is -2.24. The molecule has 0 amide bonds. The Bertz CT molecular complexity index is 800. The van der Waals surface area contributed by atoms with Crippen LogP contribution in [0.25, 0.3) is 0 Å². The highest BCUT2D eigenvalue weighted by atomic mass is 32.2. The molecule has 0 radical (unpaired) electrons. The molecule has 23 heavy (non-hydrogen) atoms. The third-order valence-electron chi connectivity index (χ3n) is 4.04. The fraction of sp³-hybridized carbons (Fsp3) is 0.400. The molecule has 1 unspecified atom stereocenters. The van der Waals surface area contributed by atoms with Gasteiger partial charge in [-0.25, -0.2) is 17.2 Å². The third-order valence-corrected chi connectivity index (χ3v) is 5.16. The first-order chi connectivity index (χ1) is 10.8. The first-order valence-electron chi connectivity index (χ1n) is 7.27. The molecule has 1 fully saturated rings. The molecule has 1 aliphatic rings. The molecule has 1 aromatic carbocycles. The Morgan fingerprint density at radius 1 is 1.30 bits per heavy atom. The first-order valence-corrected chi connectivity index (χ1v) is 9.16. The maximum atomic E-state index is 13.3. The summed E-state index contributed by atoms with van der Waals surface area (Å²) < 4.78 is 50.4. The van der Waals surface area contributed by atoms with Crippen molar-refractivity contribution in [1.29, 1.82) is 0 Å². The molecule has 3 rings (SSSR count). The van der Waals surface area contributed by atoms with Crippen LogP contribution in [0, 0.1) is 11.6 Å². The maximum Gasteiger partial charge on any atom is 0.178 e. The molecule has 124 valence electrons. The van der Waals surface area contributed by atoms with Crippen molar-refractivity contribution in [2.24, 2.45) is 0 Å². The molecule has 0 aliphatic carbocycles. The third kappa shape index (κ3) is 3.42. The van der Waals surface area contributed by atoms with Crippen LogP contribution in [0.15, 0.2) is 29.3 Å². The highest BCUT2D eigenvalue weighted by molar-refractivity contribution is 7.90. The molecule has 2 heterocycles. The molecule has 1 aromatic heterocycles. The van der Waals surface area contributed by atoms with Gasteiger partial charge in [0.2, 0.25) is 0 Å². The van der Waals surface area contributed by atoms with Gasteiger partial charge in [-0.1, -0.05) is 0 Å². The Hall–Kier alpha value is -1.80. The molecule has 1 aliphatic heterocycles. The van der Waals surface area contributed by atoms with Crippen LogP contribution >= 0.6 is 0 Å². The number of hydrogen-bond donors (Lipinski definition) is 1. The molecule has 0 saturated carbocycles. The van der Waals surface area contributed by atoms with Crippen LogP contribution in [0.4, 0.5) is 8.78 Å². The summed E-state index contributed by atoms with van der Waals surface area (Å²) in [4.78, 5) is 2.19. The van der Waals surface area contributed by atoms with E-state index in [4.69, 9.17) is 0 Å². The van der Waals surface area contributed by atoms with E-state index in [9.17, 15) is 17.2 Å². The zero-order valence-corrected chi connectivity index (χ0v) is 13.4. The lowest BCUT2D eigenvalue weighted by atomic mass is 10.1. The van der Waals surface area contributed by atoms with E-state index in [0.717, 1.165) is 31.7 Å². The number of nitrogens with zero attached hydrogens (tertiary/aromatic N) is 2. The fourth-order valence-electron chi connectivity index (χ4n) is 3.10. The largest absolute Gasteiger partial charge is 0.290 e. The second-order valence-corrected chi connectivity index (χ2v) is 7.81. The summed E-state index contributed by atoms with van der Waals surface area (Å²) in [5, 5.41) is 6.63. The van der Waals surface area contributed by atoms with Gasteiger partial charge >= 0.3 is 0 Å². The highest BCUT2D eigenvalue weighted by Gasteiger charge is 2.31. The second kappa shape index (κ2) is 6.01. The van der Waals surface area contributed by atoms with E-state index in [1.54, 1.807) is 0 Å². The molecule has 5 nitrogen and oxygen atoms in total. The summed E-state index contributed by atoms with van der Waals surface area (Å²) in [6.45, 7) is 1.08. The number of H-pyrrole nitrogens is 1. The van der Waals surface area contributed by atoms with Gasteiger partial charge in [0, 0.05) is 18.9 Å². The smallest absolute Gasteiger partial charge is 0.178 e. The zero-order valence-electron chi connectivity index (χ0n) is 12.6. The summed E-state index contributed by atoms with van der Waals surface area (Å²) in [6, 6.07) is 3.27. The van der Waals surface area contributed by atoms with Crippen LogP contribution in [0.5, 0.6) is 0 Å². The number of benzene rings is 1. The Labute approximate surface area is 133 Å². The number of halogens is 2. The summed E-state index contributed by atoms with van der Waals surface area (Å²) in [7, 11) is -3.38. The maximum absolute atomic E-state index is 13.3. The predicted molar refractivity (Wildman–Crippen MR) is 80.4 cm³/mol. The minimum absolute atomic E-state index is 0.159. The standard InChI is InChI=1S/C15H17F2N3O2S/c1-23(21,22)14-8-18-19-15(14)13-3-2-4-20(13)9-10-5-11(16)7-12(17)6-10/h5-8,13H,2-4,9H2,1H3,(H,18,19). The second-order valence-electron chi connectivity index (χ2n) is 5.83. The highest BCUT2D eigenvalue weighted by Crippen LogP contribution is 2.35. The SMILES string of the molecule is CS(=O)(=O)c1cn[nH]c1C1CCCN1Cc1cc(F)cc(F)c1. The topological polar surface area (TPSA) is 66.1 Å². The number of aromatic amines is 1. The van der Waals surface area contributed by atoms with Crippen LogP contribution in [-0.4, -0.2) is 36.3 Å². The Morgan fingerprint density at radius 2 is 2.00 bits per heavy atom.